The van der Waals surface area contributed by atoms with Gasteiger partial charge in [0.05, 0.1) is 27.6 Å². The van der Waals surface area contributed by atoms with Gasteiger partial charge < -0.3 is 4.74 Å². The Hall–Kier alpha value is -0.730. The molecule has 0 aliphatic rings. The number of ether oxygens (including phenoxy) is 1. The van der Waals surface area contributed by atoms with Gasteiger partial charge in [-0.05, 0) is 29.5 Å². The molecule has 0 fully saturated rings. The number of rotatable bonds is 4. The van der Waals surface area contributed by atoms with Gasteiger partial charge in [-0.25, -0.2) is 9.97 Å². The molecule has 7 heteroatoms. The molecule has 5 nitrogen and oxygen atoms in total. The first-order valence-electron chi connectivity index (χ1n) is 5.39. The first kappa shape index (κ1) is 13.7. The van der Waals surface area contributed by atoms with Crippen molar-refractivity contribution in [2.24, 2.45) is 0 Å². The highest BCUT2D eigenvalue weighted by Crippen LogP contribution is 2.24. The normalized spacial score (nSPS) is 10.9. The van der Waals surface area contributed by atoms with E-state index >= 15 is 0 Å². The number of aryl methyl sites for hydroxylation is 1. The first-order valence-corrected chi connectivity index (χ1v) is 6.85. The molecule has 2 aromatic heterocycles. The second-order valence-corrected chi connectivity index (χ2v) is 5.05. The molecule has 0 saturated heterocycles. The van der Waals surface area contributed by atoms with Gasteiger partial charge in [-0.3, -0.25) is 4.68 Å². The second-order valence-electron chi connectivity index (χ2n) is 3.62. The third-order valence-electron chi connectivity index (χ3n) is 2.38. The maximum atomic E-state index is 6.10. The van der Waals surface area contributed by atoms with Gasteiger partial charge in [-0.2, -0.15) is 5.10 Å². The smallest absolute Gasteiger partial charge is 0.164 e. The van der Waals surface area contributed by atoms with Crippen molar-refractivity contribution in [2.75, 3.05) is 7.11 Å². The Balaban J connectivity index is 2.44. The van der Waals surface area contributed by atoms with Crippen LogP contribution in [0.15, 0.2) is 12.4 Å². The lowest BCUT2D eigenvalue weighted by atomic mass is 10.3. The molecular weight excluding hydrogens is 367 g/mol. The van der Waals surface area contributed by atoms with E-state index in [1.165, 1.54) is 0 Å². The molecule has 0 bridgehead atoms. The Morgan fingerprint density at radius 1 is 1.44 bits per heavy atom. The lowest BCUT2D eigenvalue weighted by molar-refractivity contribution is 0.181. The molecule has 2 aromatic rings. The largest absolute Gasteiger partial charge is 0.378 e. The van der Waals surface area contributed by atoms with Crippen LogP contribution in [0.3, 0.4) is 0 Å². The van der Waals surface area contributed by atoms with Crippen molar-refractivity contribution in [3.63, 3.8) is 0 Å². The number of hydrogen-bond acceptors (Lipinski definition) is 4. The standard InChI is InChI=1S/C11H12ClIN4O/c1-3-17-5-7(4-14-17)11-15-8(6-18-2)9(13)10(12)16-11/h4-5H,3,6H2,1-2H3. The van der Waals surface area contributed by atoms with Crippen molar-refractivity contribution < 1.29 is 4.74 Å². The fraction of sp³-hybridized carbons (Fsp3) is 0.364. The minimum Gasteiger partial charge on any atom is -0.378 e. The predicted molar refractivity (Wildman–Crippen MR) is 77.4 cm³/mol. The van der Waals surface area contributed by atoms with E-state index in [2.05, 4.69) is 37.7 Å². The van der Waals surface area contributed by atoms with Gasteiger partial charge in [-0.15, -0.1) is 0 Å². The average Bonchev–Trinajstić information content (AvgIpc) is 2.83. The van der Waals surface area contributed by atoms with E-state index in [4.69, 9.17) is 16.3 Å². The van der Waals surface area contributed by atoms with Crippen molar-refractivity contribution in [1.82, 2.24) is 19.7 Å². The molecule has 18 heavy (non-hydrogen) atoms. The SMILES string of the molecule is CCn1cc(-c2nc(Cl)c(I)c(COC)n2)cn1. The highest BCUT2D eigenvalue weighted by molar-refractivity contribution is 14.1. The van der Waals surface area contributed by atoms with Gasteiger partial charge in [0, 0.05) is 19.9 Å². The zero-order valence-corrected chi connectivity index (χ0v) is 12.9. The summed E-state index contributed by atoms with van der Waals surface area (Å²) in [5.74, 6) is 0.576. The Morgan fingerprint density at radius 3 is 2.83 bits per heavy atom. The highest BCUT2D eigenvalue weighted by Gasteiger charge is 2.13. The topological polar surface area (TPSA) is 52.8 Å². The highest BCUT2D eigenvalue weighted by atomic mass is 127. The quantitative estimate of drug-likeness (QED) is 0.606. The van der Waals surface area contributed by atoms with Crippen LogP contribution < -0.4 is 0 Å². The van der Waals surface area contributed by atoms with Gasteiger partial charge in [0.2, 0.25) is 0 Å². The Kier molecular flexibility index (Phi) is 4.52. The van der Waals surface area contributed by atoms with Crippen LogP contribution in [-0.2, 0) is 17.9 Å². The maximum Gasteiger partial charge on any atom is 0.164 e. The van der Waals surface area contributed by atoms with E-state index in [1.54, 1.807) is 13.3 Å². The fourth-order valence-electron chi connectivity index (χ4n) is 1.48. The lowest BCUT2D eigenvalue weighted by Crippen LogP contribution is -2.01. The van der Waals surface area contributed by atoms with Crippen LogP contribution in [0, 0.1) is 3.57 Å². The second kappa shape index (κ2) is 5.94. The number of hydrogen-bond donors (Lipinski definition) is 0. The van der Waals surface area contributed by atoms with E-state index in [9.17, 15) is 0 Å². The average molecular weight is 379 g/mol. The predicted octanol–water partition coefficient (Wildman–Crippen LogP) is 2.76. The van der Waals surface area contributed by atoms with Gasteiger partial charge in [0.1, 0.15) is 5.15 Å². The van der Waals surface area contributed by atoms with E-state index < -0.39 is 0 Å². The van der Waals surface area contributed by atoms with Crippen molar-refractivity contribution in [3.8, 4) is 11.4 Å². The molecule has 96 valence electrons. The minimum absolute atomic E-state index is 0.412. The molecule has 0 atom stereocenters. The van der Waals surface area contributed by atoms with Crippen LogP contribution in [-0.4, -0.2) is 26.9 Å². The first-order chi connectivity index (χ1) is 8.65. The molecule has 0 aliphatic heterocycles. The molecule has 0 unspecified atom stereocenters. The van der Waals surface area contributed by atoms with Gasteiger partial charge >= 0.3 is 0 Å². The van der Waals surface area contributed by atoms with E-state index in [1.807, 2.05) is 17.8 Å². The zero-order valence-electron chi connectivity index (χ0n) is 10.0. The minimum atomic E-state index is 0.412. The summed E-state index contributed by atoms with van der Waals surface area (Å²) in [6.45, 7) is 3.24. The fourth-order valence-corrected chi connectivity index (χ4v) is 2.06. The molecule has 0 amide bonds. The summed E-state index contributed by atoms with van der Waals surface area (Å²) in [6, 6.07) is 0. The number of nitrogens with zero attached hydrogens (tertiary/aromatic N) is 4. The molecule has 0 spiro atoms. The summed E-state index contributed by atoms with van der Waals surface area (Å²) in [7, 11) is 1.63. The van der Waals surface area contributed by atoms with Gasteiger partial charge in [0.15, 0.2) is 5.82 Å². The van der Waals surface area contributed by atoms with Crippen LogP contribution in [0.2, 0.25) is 5.15 Å². The Bertz CT molecular complexity index is 558. The molecule has 0 aromatic carbocycles. The molecule has 0 aliphatic carbocycles. The van der Waals surface area contributed by atoms with Gasteiger partial charge in [-0.1, -0.05) is 11.6 Å². The molecule has 0 N–H and O–H groups in total. The van der Waals surface area contributed by atoms with Crippen molar-refractivity contribution >= 4 is 34.2 Å². The summed E-state index contributed by atoms with van der Waals surface area (Å²) < 4.78 is 7.75. The van der Waals surface area contributed by atoms with Crippen molar-refractivity contribution in [3.05, 3.63) is 26.8 Å². The summed E-state index contributed by atoms with van der Waals surface area (Å²) in [5, 5.41) is 4.64. The monoisotopic (exact) mass is 378 g/mol. The molecule has 2 heterocycles. The summed E-state index contributed by atoms with van der Waals surface area (Å²) >= 11 is 8.22. The molecule has 0 saturated carbocycles. The lowest BCUT2D eigenvalue weighted by Gasteiger charge is -2.06. The summed E-state index contributed by atoms with van der Waals surface area (Å²) in [5.41, 5.74) is 1.64. The van der Waals surface area contributed by atoms with Crippen molar-refractivity contribution in [1.29, 1.82) is 0 Å². The van der Waals surface area contributed by atoms with Gasteiger partial charge in [0.25, 0.3) is 0 Å². The number of methoxy groups -OCH3 is 1. The van der Waals surface area contributed by atoms with Crippen molar-refractivity contribution in [2.45, 2.75) is 20.1 Å². The van der Waals surface area contributed by atoms with Crippen LogP contribution in [0.4, 0.5) is 0 Å². The molecular formula is C11H12ClIN4O. The maximum absolute atomic E-state index is 6.10. The Morgan fingerprint density at radius 2 is 2.22 bits per heavy atom. The number of halogens is 2. The van der Waals surface area contributed by atoms with Crippen LogP contribution >= 0.6 is 34.2 Å². The van der Waals surface area contributed by atoms with E-state index in [0.29, 0.717) is 17.6 Å². The molecule has 0 radical (unpaired) electrons. The third kappa shape index (κ3) is 2.81. The van der Waals surface area contributed by atoms with Crippen LogP contribution in [0.25, 0.3) is 11.4 Å². The van der Waals surface area contributed by atoms with Crippen LogP contribution in [0.1, 0.15) is 12.6 Å². The number of aromatic nitrogens is 4. The third-order valence-corrected chi connectivity index (χ3v) is 4.10. The summed E-state index contributed by atoms with van der Waals surface area (Å²) in [6.07, 6.45) is 3.63. The van der Waals surface area contributed by atoms with E-state index in [0.717, 1.165) is 21.4 Å². The summed E-state index contributed by atoms with van der Waals surface area (Å²) in [4.78, 5) is 8.73. The van der Waals surface area contributed by atoms with Crippen LogP contribution in [0.5, 0.6) is 0 Å². The molecule has 2 rings (SSSR count). The zero-order chi connectivity index (χ0) is 13.1. The van der Waals surface area contributed by atoms with E-state index in [-0.39, 0.29) is 0 Å². The Labute approximate surface area is 124 Å².